The molecule has 1 aliphatic carbocycles. The first-order valence-corrected chi connectivity index (χ1v) is 7.42. The molecule has 1 saturated carbocycles. The van der Waals surface area contributed by atoms with Crippen LogP contribution in [0.15, 0.2) is 15.7 Å². The molecule has 3 rings (SSSR count). The van der Waals surface area contributed by atoms with Crippen LogP contribution in [0.25, 0.3) is 0 Å². The molecule has 0 unspecified atom stereocenters. The summed E-state index contributed by atoms with van der Waals surface area (Å²) in [7, 11) is 0. The molecule has 2 N–H and O–H groups in total. The maximum atomic E-state index is 4.51. The molecule has 0 aromatic carbocycles. The highest BCUT2D eigenvalue weighted by Gasteiger charge is 2.21. The van der Waals surface area contributed by atoms with Crippen molar-refractivity contribution in [2.75, 3.05) is 18.4 Å². The van der Waals surface area contributed by atoms with E-state index in [1.807, 2.05) is 6.20 Å². The van der Waals surface area contributed by atoms with E-state index in [9.17, 15) is 0 Å². The van der Waals surface area contributed by atoms with Gasteiger partial charge in [-0.25, -0.2) is 4.68 Å². The molecule has 0 spiro atoms. The lowest BCUT2D eigenvalue weighted by Crippen LogP contribution is -2.28. The molecule has 18 heavy (non-hydrogen) atoms. The molecule has 0 saturated heterocycles. The molecule has 0 bridgehead atoms. The number of guanidine groups is 1. The number of aliphatic imine (C=N–C) groups is 1. The molecule has 5 nitrogen and oxygen atoms in total. The number of rotatable bonds is 2. The third-order valence-corrected chi connectivity index (χ3v) is 4.16. The van der Waals surface area contributed by atoms with Crippen LogP contribution in [-0.2, 0) is 0 Å². The van der Waals surface area contributed by atoms with Gasteiger partial charge in [0.15, 0.2) is 5.96 Å². The van der Waals surface area contributed by atoms with Crippen molar-refractivity contribution in [1.82, 2.24) is 15.1 Å². The van der Waals surface area contributed by atoms with Crippen molar-refractivity contribution >= 4 is 27.7 Å². The summed E-state index contributed by atoms with van der Waals surface area (Å²) >= 11 is 3.56. The summed E-state index contributed by atoms with van der Waals surface area (Å²) in [6, 6.07) is 0.523. The number of aromatic nitrogens is 2. The van der Waals surface area contributed by atoms with Gasteiger partial charge < -0.3 is 10.6 Å². The zero-order valence-electron chi connectivity index (χ0n) is 10.3. The maximum absolute atomic E-state index is 4.51. The first-order chi connectivity index (χ1) is 8.84. The summed E-state index contributed by atoms with van der Waals surface area (Å²) in [5.74, 6) is 1.88. The number of hydrogen-bond donors (Lipinski definition) is 2. The van der Waals surface area contributed by atoms with Gasteiger partial charge in [0, 0.05) is 6.54 Å². The highest BCUT2D eigenvalue weighted by molar-refractivity contribution is 9.10. The lowest BCUT2D eigenvalue weighted by molar-refractivity contribution is 0.333. The fourth-order valence-electron chi connectivity index (χ4n) is 2.65. The molecule has 2 aliphatic rings. The number of halogens is 1. The van der Waals surface area contributed by atoms with E-state index in [4.69, 9.17) is 0 Å². The first-order valence-electron chi connectivity index (χ1n) is 6.63. The Kier molecular flexibility index (Phi) is 3.54. The maximum Gasteiger partial charge on any atom is 0.197 e. The Bertz CT molecular complexity index is 447. The fourth-order valence-corrected chi connectivity index (χ4v) is 3.03. The Morgan fingerprint density at radius 3 is 2.89 bits per heavy atom. The minimum atomic E-state index is 0.523. The second kappa shape index (κ2) is 5.30. The minimum Gasteiger partial charge on any atom is -0.354 e. The lowest BCUT2D eigenvalue weighted by atomic mass is 9.96. The highest BCUT2D eigenvalue weighted by atomic mass is 79.9. The number of hydrogen-bond acceptors (Lipinski definition) is 4. The second-order valence-electron chi connectivity index (χ2n) is 4.86. The van der Waals surface area contributed by atoms with Crippen molar-refractivity contribution in [1.29, 1.82) is 0 Å². The van der Waals surface area contributed by atoms with Crippen molar-refractivity contribution in [2.24, 2.45) is 4.99 Å². The van der Waals surface area contributed by atoms with E-state index in [1.165, 1.54) is 32.1 Å². The molecule has 6 heteroatoms. The quantitative estimate of drug-likeness (QED) is 0.882. The molecule has 0 radical (unpaired) electrons. The van der Waals surface area contributed by atoms with Crippen molar-refractivity contribution in [3.63, 3.8) is 0 Å². The average molecular weight is 312 g/mol. The van der Waals surface area contributed by atoms with Gasteiger partial charge in [-0.2, -0.15) is 5.10 Å². The number of nitrogens with zero attached hydrogens (tertiary/aromatic N) is 3. The smallest absolute Gasteiger partial charge is 0.197 e. The Labute approximate surface area is 115 Å². The van der Waals surface area contributed by atoms with Gasteiger partial charge in [0.25, 0.3) is 0 Å². The van der Waals surface area contributed by atoms with E-state index in [0.717, 1.165) is 29.3 Å². The van der Waals surface area contributed by atoms with E-state index in [1.54, 1.807) is 0 Å². The Morgan fingerprint density at radius 1 is 1.33 bits per heavy atom. The third kappa shape index (κ3) is 2.39. The molecule has 1 aliphatic heterocycles. The van der Waals surface area contributed by atoms with Crippen LogP contribution in [-0.4, -0.2) is 28.8 Å². The molecule has 0 atom stereocenters. The van der Waals surface area contributed by atoms with Crippen molar-refractivity contribution in [2.45, 2.75) is 38.1 Å². The van der Waals surface area contributed by atoms with Crippen LogP contribution in [0.5, 0.6) is 0 Å². The van der Waals surface area contributed by atoms with Crippen LogP contribution in [0.1, 0.15) is 38.1 Å². The molecule has 98 valence electrons. The van der Waals surface area contributed by atoms with Crippen LogP contribution in [0.3, 0.4) is 0 Å². The van der Waals surface area contributed by atoms with Gasteiger partial charge in [-0.3, -0.25) is 4.99 Å². The highest BCUT2D eigenvalue weighted by Crippen LogP contribution is 2.33. The average Bonchev–Trinajstić information content (AvgIpc) is 3.03. The first kappa shape index (κ1) is 12.0. The van der Waals surface area contributed by atoms with Crippen LogP contribution < -0.4 is 10.6 Å². The molecule has 2 heterocycles. The molecular formula is C12H18BrN5. The molecular weight excluding hydrogens is 294 g/mol. The Morgan fingerprint density at radius 2 is 2.17 bits per heavy atom. The van der Waals surface area contributed by atoms with Gasteiger partial charge in [-0.15, -0.1) is 0 Å². The van der Waals surface area contributed by atoms with Crippen molar-refractivity contribution in [3.05, 3.63) is 10.7 Å². The van der Waals surface area contributed by atoms with E-state index < -0.39 is 0 Å². The van der Waals surface area contributed by atoms with Crippen LogP contribution >= 0.6 is 15.9 Å². The SMILES string of the molecule is Brc1cnn(C2CCCCC2)c1NC1=NCCN1. The monoisotopic (exact) mass is 311 g/mol. The van der Waals surface area contributed by atoms with Crippen LogP contribution in [0, 0.1) is 0 Å². The summed E-state index contributed by atoms with van der Waals surface area (Å²) in [6.07, 6.45) is 8.29. The summed E-state index contributed by atoms with van der Waals surface area (Å²) in [5.41, 5.74) is 0. The summed E-state index contributed by atoms with van der Waals surface area (Å²) in [5, 5.41) is 11.1. The zero-order valence-corrected chi connectivity index (χ0v) is 11.9. The number of nitrogens with one attached hydrogen (secondary N) is 2. The molecule has 1 aromatic heterocycles. The van der Waals surface area contributed by atoms with Gasteiger partial charge in [-0.05, 0) is 28.8 Å². The predicted molar refractivity (Wildman–Crippen MR) is 76.0 cm³/mol. The standard InChI is InChI=1S/C12H18BrN5/c13-10-8-16-18(9-4-2-1-3-5-9)11(10)17-12-14-6-7-15-12/h8-9H,1-7H2,(H2,14,15,17). The second-order valence-corrected chi connectivity index (χ2v) is 5.71. The van der Waals surface area contributed by atoms with E-state index in [2.05, 4.69) is 41.3 Å². The van der Waals surface area contributed by atoms with Crippen molar-refractivity contribution in [3.8, 4) is 0 Å². The molecule has 1 fully saturated rings. The van der Waals surface area contributed by atoms with Gasteiger partial charge in [-0.1, -0.05) is 19.3 Å². The van der Waals surface area contributed by atoms with Gasteiger partial charge in [0.05, 0.1) is 23.3 Å². The van der Waals surface area contributed by atoms with Crippen molar-refractivity contribution < 1.29 is 0 Å². The van der Waals surface area contributed by atoms with E-state index >= 15 is 0 Å². The lowest BCUT2D eigenvalue weighted by Gasteiger charge is -2.24. The summed E-state index contributed by atoms with van der Waals surface area (Å²) in [4.78, 5) is 4.37. The van der Waals surface area contributed by atoms with Gasteiger partial charge in [0.1, 0.15) is 5.82 Å². The summed E-state index contributed by atoms with van der Waals surface area (Å²) in [6.45, 7) is 1.76. The minimum absolute atomic E-state index is 0.523. The van der Waals surface area contributed by atoms with Crippen LogP contribution in [0.4, 0.5) is 5.82 Å². The predicted octanol–water partition coefficient (Wildman–Crippen LogP) is 2.52. The van der Waals surface area contributed by atoms with Crippen LogP contribution in [0.2, 0.25) is 0 Å². The van der Waals surface area contributed by atoms with Gasteiger partial charge in [0.2, 0.25) is 0 Å². The number of anilines is 1. The molecule has 1 aromatic rings. The third-order valence-electron chi connectivity index (χ3n) is 3.58. The Hall–Kier alpha value is -1.04. The zero-order chi connectivity index (χ0) is 12.4. The van der Waals surface area contributed by atoms with E-state index in [-0.39, 0.29) is 0 Å². The van der Waals surface area contributed by atoms with E-state index in [0.29, 0.717) is 6.04 Å². The largest absolute Gasteiger partial charge is 0.354 e. The fraction of sp³-hybridized carbons (Fsp3) is 0.667. The Balaban J connectivity index is 1.81. The molecule has 0 amide bonds. The van der Waals surface area contributed by atoms with Gasteiger partial charge >= 0.3 is 0 Å². The topological polar surface area (TPSA) is 54.2 Å². The normalized spacial score (nSPS) is 20.6. The summed E-state index contributed by atoms with van der Waals surface area (Å²) < 4.78 is 3.12.